The number of fused-ring (bicyclic) bond motifs is 4. The molecule has 2 fully saturated rings. The molecule has 5 unspecified atom stereocenters. The maximum atomic E-state index is 12.2. The lowest BCUT2D eigenvalue weighted by molar-refractivity contribution is -0.114. The molecule has 0 radical (unpaired) electrons. The fourth-order valence-corrected chi connectivity index (χ4v) is 7.57. The number of allylic oxidation sites excluding steroid dienone is 5. The van der Waals surface area contributed by atoms with E-state index >= 15 is 0 Å². The number of hydrogen-bond donors (Lipinski definition) is 2. The predicted molar refractivity (Wildman–Crippen MR) is 134 cm³/mol. The molecule has 176 valence electrons. The Morgan fingerprint density at radius 2 is 1.91 bits per heavy atom. The van der Waals surface area contributed by atoms with Gasteiger partial charge >= 0.3 is 0 Å². The van der Waals surface area contributed by atoms with Crippen LogP contribution in [0.4, 0.5) is 0 Å². The summed E-state index contributed by atoms with van der Waals surface area (Å²) >= 11 is 0. The second-order valence-electron chi connectivity index (χ2n) is 11.3. The lowest BCUT2D eigenvalue weighted by Gasteiger charge is -2.52. The van der Waals surface area contributed by atoms with Crippen LogP contribution in [0.1, 0.15) is 88.2 Å². The molecule has 5 atom stereocenters. The van der Waals surface area contributed by atoms with Gasteiger partial charge in [-0.25, -0.2) is 0 Å². The van der Waals surface area contributed by atoms with Crippen molar-refractivity contribution < 1.29 is 9.90 Å². The number of carbonyl (C=O) groups is 1. The van der Waals surface area contributed by atoms with E-state index < -0.39 is 0 Å². The Bertz CT molecular complexity index is 1000. The van der Waals surface area contributed by atoms with E-state index in [0.717, 1.165) is 44.9 Å². The molecule has 4 aliphatic rings. The molecular formula is C30H39NO2. The number of hydrogen-bond acceptors (Lipinski definition) is 3. The molecule has 0 heterocycles. The van der Waals surface area contributed by atoms with E-state index in [9.17, 15) is 9.90 Å². The first-order chi connectivity index (χ1) is 15.9. The van der Waals surface area contributed by atoms with Crippen LogP contribution in [0.15, 0.2) is 59.4 Å². The number of ketones is 1. The van der Waals surface area contributed by atoms with E-state index in [-0.39, 0.29) is 11.2 Å². The maximum absolute atomic E-state index is 12.2. The number of unbranched alkanes of at least 4 members (excludes halogenated alkanes) is 1. The van der Waals surface area contributed by atoms with Gasteiger partial charge < -0.3 is 10.8 Å². The van der Waals surface area contributed by atoms with Crippen molar-refractivity contribution in [2.75, 3.05) is 0 Å². The van der Waals surface area contributed by atoms with E-state index in [1.165, 1.54) is 35.1 Å². The minimum absolute atomic E-state index is 0.205. The summed E-state index contributed by atoms with van der Waals surface area (Å²) in [6, 6.07) is 9.60. The summed E-state index contributed by atoms with van der Waals surface area (Å²) in [6.45, 7) is 6.04. The molecule has 0 amide bonds. The molecule has 3 heteroatoms. The monoisotopic (exact) mass is 445 g/mol. The van der Waals surface area contributed by atoms with E-state index in [4.69, 9.17) is 5.73 Å². The Balaban J connectivity index is 1.46. The van der Waals surface area contributed by atoms with Crippen molar-refractivity contribution in [1.82, 2.24) is 0 Å². The minimum Gasteiger partial charge on any atom is -0.513 e. The molecular weight excluding hydrogens is 406 g/mol. The lowest BCUT2D eigenvalue weighted by Crippen LogP contribution is -2.47. The summed E-state index contributed by atoms with van der Waals surface area (Å²) in [5, 5.41) is 9.30. The largest absolute Gasteiger partial charge is 0.513 e. The van der Waals surface area contributed by atoms with Crippen LogP contribution < -0.4 is 5.73 Å². The molecule has 1 aromatic rings. The van der Waals surface area contributed by atoms with Gasteiger partial charge in [0, 0.05) is 24.8 Å². The quantitative estimate of drug-likeness (QED) is 0.378. The minimum atomic E-state index is 0.205. The van der Waals surface area contributed by atoms with Gasteiger partial charge in [0.15, 0.2) is 5.78 Å². The molecule has 3 nitrogen and oxygen atoms in total. The smallest absolute Gasteiger partial charge is 0.156 e. The zero-order valence-corrected chi connectivity index (χ0v) is 20.1. The van der Waals surface area contributed by atoms with Crippen LogP contribution in [-0.2, 0) is 11.2 Å². The molecule has 0 aromatic heterocycles. The van der Waals surface area contributed by atoms with Gasteiger partial charge in [-0.15, -0.1) is 0 Å². The van der Waals surface area contributed by atoms with Crippen LogP contribution >= 0.6 is 0 Å². The average molecular weight is 446 g/mol. The summed E-state index contributed by atoms with van der Waals surface area (Å²) in [5.74, 6) is 2.31. The Hall–Kier alpha value is -2.13. The van der Waals surface area contributed by atoms with E-state index in [1.54, 1.807) is 5.57 Å². The van der Waals surface area contributed by atoms with Crippen molar-refractivity contribution in [3.63, 3.8) is 0 Å². The van der Waals surface area contributed by atoms with Gasteiger partial charge in [-0.05, 0) is 103 Å². The third kappa shape index (κ3) is 4.14. The zero-order valence-electron chi connectivity index (χ0n) is 20.1. The van der Waals surface area contributed by atoms with Crippen LogP contribution in [-0.4, -0.2) is 16.9 Å². The Kier molecular flexibility index (Phi) is 6.11. The number of rotatable bonds is 6. The van der Waals surface area contributed by atoms with E-state index in [2.05, 4.69) is 37.8 Å². The van der Waals surface area contributed by atoms with Crippen molar-refractivity contribution in [2.45, 2.75) is 89.5 Å². The van der Waals surface area contributed by atoms with Gasteiger partial charge in [-0.3, -0.25) is 4.79 Å². The topological polar surface area (TPSA) is 63.3 Å². The second-order valence-corrected chi connectivity index (χ2v) is 11.3. The molecule has 4 aliphatic carbocycles. The molecule has 2 saturated carbocycles. The SMILES string of the molecule is C=C(O)CCCCc1ccc(C2CC3(C)C(N)CCC3C3CCC4=CC(=O)CCC4=C23)cc1. The number of nitrogens with two attached hydrogens (primary N) is 1. The van der Waals surface area contributed by atoms with Crippen molar-refractivity contribution in [3.05, 3.63) is 70.5 Å². The van der Waals surface area contributed by atoms with Crippen LogP contribution in [0.25, 0.3) is 0 Å². The highest BCUT2D eigenvalue weighted by atomic mass is 16.3. The molecule has 0 bridgehead atoms. The normalized spacial score (nSPS) is 33.3. The average Bonchev–Trinajstić information content (AvgIpc) is 3.10. The molecule has 0 spiro atoms. The van der Waals surface area contributed by atoms with Gasteiger partial charge in [0.1, 0.15) is 0 Å². The first-order valence-electron chi connectivity index (χ1n) is 13.0. The molecule has 3 N–H and O–H groups in total. The van der Waals surface area contributed by atoms with Crippen molar-refractivity contribution in [1.29, 1.82) is 0 Å². The van der Waals surface area contributed by atoms with Crippen LogP contribution in [0, 0.1) is 17.3 Å². The highest BCUT2D eigenvalue weighted by molar-refractivity contribution is 5.93. The van der Waals surface area contributed by atoms with Gasteiger partial charge in [0.25, 0.3) is 0 Å². The van der Waals surface area contributed by atoms with Crippen molar-refractivity contribution in [2.24, 2.45) is 23.0 Å². The molecule has 5 rings (SSSR count). The molecule has 33 heavy (non-hydrogen) atoms. The Morgan fingerprint density at radius 3 is 2.67 bits per heavy atom. The van der Waals surface area contributed by atoms with Crippen LogP contribution in [0.2, 0.25) is 0 Å². The standard InChI is InChI=1S/C30H39NO2/c1-19(32)5-3-4-6-20-7-9-21(10-8-20)26-18-30(2)27(15-16-28(30)31)25-13-11-22-17-23(33)12-14-24(22)29(25)26/h7-10,17,25-28,32H,1,3-6,11-16,18,31H2,2H3. The highest BCUT2D eigenvalue weighted by Crippen LogP contribution is 2.63. The first kappa shape index (κ1) is 22.7. The summed E-state index contributed by atoms with van der Waals surface area (Å²) in [6.07, 6.45) is 13.1. The summed E-state index contributed by atoms with van der Waals surface area (Å²) in [5.41, 5.74) is 14.3. The molecule has 0 saturated heterocycles. The molecule has 1 aromatic carbocycles. The third-order valence-electron chi connectivity index (χ3n) is 9.37. The highest BCUT2D eigenvalue weighted by Gasteiger charge is 2.55. The summed E-state index contributed by atoms with van der Waals surface area (Å²) < 4.78 is 0. The van der Waals surface area contributed by atoms with E-state index in [1.807, 2.05) is 6.08 Å². The van der Waals surface area contributed by atoms with Gasteiger partial charge in [0.2, 0.25) is 0 Å². The zero-order chi connectivity index (χ0) is 23.2. The Labute approximate surface area is 198 Å². The summed E-state index contributed by atoms with van der Waals surface area (Å²) in [4.78, 5) is 12.2. The maximum Gasteiger partial charge on any atom is 0.156 e. The van der Waals surface area contributed by atoms with Crippen LogP contribution in [0.3, 0.4) is 0 Å². The van der Waals surface area contributed by atoms with Crippen LogP contribution in [0.5, 0.6) is 0 Å². The van der Waals surface area contributed by atoms with Gasteiger partial charge in [-0.2, -0.15) is 0 Å². The number of carbonyl (C=O) groups excluding carboxylic acids is 1. The predicted octanol–water partition coefficient (Wildman–Crippen LogP) is 6.70. The molecule has 0 aliphatic heterocycles. The van der Waals surface area contributed by atoms with Gasteiger partial charge in [0.05, 0.1) is 5.76 Å². The second kappa shape index (κ2) is 8.91. The number of aryl methyl sites for hydroxylation is 1. The first-order valence-corrected chi connectivity index (χ1v) is 13.0. The number of benzene rings is 1. The number of aliphatic hydroxyl groups is 1. The fourth-order valence-electron chi connectivity index (χ4n) is 7.57. The third-order valence-corrected chi connectivity index (χ3v) is 9.37. The number of aliphatic hydroxyl groups excluding tert-OH is 1. The Morgan fingerprint density at radius 1 is 1.12 bits per heavy atom. The lowest BCUT2D eigenvalue weighted by atomic mass is 9.53. The van der Waals surface area contributed by atoms with Crippen molar-refractivity contribution in [3.8, 4) is 0 Å². The van der Waals surface area contributed by atoms with E-state index in [0.29, 0.717) is 42.4 Å². The fraction of sp³-hybridized carbons (Fsp3) is 0.567. The summed E-state index contributed by atoms with van der Waals surface area (Å²) in [7, 11) is 0. The van der Waals surface area contributed by atoms with Crippen molar-refractivity contribution >= 4 is 5.78 Å². The van der Waals surface area contributed by atoms with Gasteiger partial charge in [-0.1, -0.05) is 43.3 Å².